The zero-order valence-electron chi connectivity index (χ0n) is 22.8. The van der Waals surface area contributed by atoms with E-state index in [1.54, 1.807) is 25.5 Å². The van der Waals surface area contributed by atoms with E-state index in [1.165, 1.54) is 29.9 Å². The average Bonchev–Trinajstić information content (AvgIpc) is 3.61. The Morgan fingerprint density at radius 1 is 1.07 bits per heavy atom. The van der Waals surface area contributed by atoms with Gasteiger partial charge in [-0.25, -0.2) is 9.79 Å². The lowest BCUT2D eigenvalue weighted by Gasteiger charge is -2.27. The van der Waals surface area contributed by atoms with Crippen LogP contribution in [0.2, 0.25) is 0 Å². The van der Waals surface area contributed by atoms with E-state index in [9.17, 15) is 9.59 Å². The van der Waals surface area contributed by atoms with Gasteiger partial charge in [0.15, 0.2) is 4.80 Å². The average molecular weight is 554 g/mol. The van der Waals surface area contributed by atoms with E-state index in [2.05, 4.69) is 17.0 Å². The van der Waals surface area contributed by atoms with Gasteiger partial charge in [0.25, 0.3) is 5.56 Å². The molecule has 0 unspecified atom stereocenters. The fourth-order valence-corrected chi connectivity index (χ4v) is 6.75. The van der Waals surface area contributed by atoms with Crippen molar-refractivity contribution in [3.8, 4) is 5.75 Å². The second-order valence-electron chi connectivity index (χ2n) is 9.99. The molecular weight excluding hydrogens is 522 g/mol. The molecule has 7 nitrogen and oxygen atoms in total. The first-order valence-electron chi connectivity index (χ1n) is 13.6. The molecule has 0 amide bonds. The Morgan fingerprint density at radius 2 is 1.82 bits per heavy atom. The number of nitrogens with zero attached hydrogens (tertiary/aromatic N) is 3. The summed E-state index contributed by atoms with van der Waals surface area (Å²) in [6.07, 6.45) is 4.34. The molecule has 2 aliphatic heterocycles. The van der Waals surface area contributed by atoms with Crippen molar-refractivity contribution in [2.75, 3.05) is 31.7 Å². The van der Waals surface area contributed by atoms with Gasteiger partial charge in [-0.05, 0) is 67.3 Å². The first-order chi connectivity index (χ1) is 19.5. The van der Waals surface area contributed by atoms with Crippen LogP contribution in [0.3, 0.4) is 0 Å². The van der Waals surface area contributed by atoms with Gasteiger partial charge in [0.2, 0.25) is 0 Å². The maximum absolute atomic E-state index is 14.1. The monoisotopic (exact) mass is 553 g/mol. The summed E-state index contributed by atoms with van der Waals surface area (Å²) in [6, 6.07) is 19.3. The first kappa shape index (κ1) is 26.1. The molecule has 8 heteroatoms. The highest BCUT2D eigenvalue weighted by Gasteiger charge is 2.36. The number of carbonyl (C=O) groups excluding carboxylic acids is 1. The normalized spacial score (nSPS) is 17.2. The van der Waals surface area contributed by atoms with Crippen LogP contribution in [0.4, 0.5) is 5.69 Å². The fraction of sp³-hybridized carbons (Fsp3) is 0.281. The molecule has 0 spiro atoms. The minimum atomic E-state index is -0.754. The summed E-state index contributed by atoms with van der Waals surface area (Å²) < 4.78 is 13.5. The van der Waals surface area contributed by atoms with Crippen LogP contribution < -0.4 is 24.5 Å². The van der Waals surface area contributed by atoms with Gasteiger partial charge in [-0.15, -0.1) is 0 Å². The predicted octanol–water partition coefficient (Wildman–Crippen LogP) is 4.56. The van der Waals surface area contributed by atoms with Crippen molar-refractivity contribution >= 4 is 39.8 Å². The molecule has 6 rings (SSSR count). The van der Waals surface area contributed by atoms with Crippen LogP contribution in [-0.2, 0) is 9.53 Å². The van der Waals surface area contributed by atoms with Crippen molar-refractivity contribution < 1.29 is 14.3 Å². The molecule has 4 aromatic rings. The Bertz CT molecular complexity index is 1810. The molecule has 2 aliphatic rings. The lowest BCUT2D eigenvalue weighted by Crippen LogP contribution is -2.40. The summed E-state index contributed by atoms with van der Waals surface area (Å²) in [5.74, 6) is 0.0998. The van der Waals surface area contributed by atoms with Gasteiger partial charge in [0.1, 0.15) is 11.8 Å². The zero-order chi connectivity index (χ0) is 27.8. The van der Waals surface area contributed by atoms with Gasteiger partial charge >= 0.3 is 5.97 Å². The van der Waals surface area contributed by atoms with E-state index in [0.29, 0.717) is 26.4 Å². The fourth-order valence-electron chi connectivity index (χ4n) is 5.71. The summed E-state index contributed by atoms with van der Waals surface area (Å²) >= 11 is 1.33. The van der Waals surface area contributed by atoms with E-state index in [4.69, 9.17) is 14.5 Å². The Hall–Kier alpha value is -4.17. The molecule has 0 N–H and O–H groups in total. The van der Waals surface area contributed by atoms with Crippen molar-refractivity contribution in [2.45, 2.75) is 32.7 Å². The number of methoxy groups -OCH3 is 1. The summed E-state index contributed by atoms with van der Waals surface area (Å²) in [5, 5.41) is 1.88. The topological polar surface area (TPSA) is 73.1 Å². The molecule has 204 valence electrons. The predicted molar refractivity (Wildman–Crippen MR) is 159 cm³/mol. The SMILES string of the molecule is CCOC(=O)C1=C(C)N=c2s/c(=C/c3ccc(N4CCCC4)cc3)c(=O)n2[C@H]1c1c(OC)ccc2ccccc12. The van der Waals surface area contributed by atoms with Crippen LogP contribution in [0.5, 0.6) is 5.75 Å². The van der Waals surface area contributed by atoms with E-state index < -0.39 is 12.0 Å². The number of carbonyl (C=O) groups is 1. The maximum Gasteiger partial charge on any atom is 0.338 e. The Labute approximate surface area is 236 Å². The molecule has 1 atom stereocenters. The Balaban J connectivity index is 1.55. The summed E-state index contributed by atoms with van der Waals surface area (Å²) in [5.41, 5.74) is 3.54. The lowest BCUT2D eigenvalue weighted by atomic mass is 9.90. The lowest BCUT2D eigenvalue weighted by molar-refractivity contribution is -0.139. The number of hydrogen-bond donors (Lipinski definition) is 0. The third-order valence-corrected chi connectivity index (χ3v) is 8.59. The van der Waals surface area contributed by atoms with Gasteiger partial charge < -0.3 is 14.4 Å². The minimum Gasteiger partial charge on any atom is -0.496 e. The number of ether oxygens (including phenoxy) is 2. The van der Waals surface area contributed by atoms with Crippen molar-refractivity contribution in [1.82, 2.24) is 4.57 Å². The number of thiazole rings is 1. The Kier molecular flexibility index (Phi) is 7.02. The highest BCUT2D eigenvalue weighted by atomic mass is 32.1. The molecule has 0 aliphatic carbocycles. The summed E-state index contributed by atoms with van der Waals surface area (Å²) in [6.45, 7) is 5.94. The van der Waals surface area contributed by atoms with Crippen LogP contribution in [0, 0.1) is 0 Å². The van der Waals surface area contributed by atoms with Crippen LogP contribution in [0.1, 0.15) is 43.9 Å². The maximum atomic E-state index is 14.1. The summed E-state index contributed by atoms with van der Waals surface area (Å²) in [4.78, 5) is 35.1. The molecule has 0 bridgehead atoms. The number of aromatic nitrogens is 1. The quantitative estimate of drug-likeness (QED) is 0.328. The molecule has 0 saturated carbocycles. The van der Waals surface area contributed by atoms with Gasteiger partial charge in [-0.2, -0.15) is 0 Å². The first-order valence-corrected chi connectivity index (χ1v) is 14.4. The Morgan fingerprint density at radius 3 is 2.55 bits per heavy atom. The molecule has 0 radical (unpaired) electrons. The van der Waals surface area contributed by atoms with E-state index in [-0.39, 0.29) is 12.2 Å². The van der Waals surface area contributed by atoms with Crippen LogP contribution in [0.15, 0.2) is 81.7 Å². The van der Waals surface area contributed by atoms with E-state index in [1.807, 2.05) is 54.6 Å². The highest BCUT2D eigenvalue weighted by Crippen LogP contribution is 2.40. The number of anilines is 1. The molecule has 40 heavy (non-hydrogen) atoms. The molecule has 3 aromatic carbocycles. The van der Waals surface area contributed by atoms with Gasteiger partial charge in [0.05, 0.1) is 29.5 Å². The molecule has 1 aromatic heterocycles. The standard InChI is InChI=1S/C32H31N3O4S/c1-4-39-31(37)27-20(2)33-32-35(29(27)28-24-10-6-5-9-22(24)13-16-25(28)38-3)30(36)26(40-32)19-21-11-14-23(15-12-21)34-17-7-8-18-34/h5-6,9-16,19,29H,4,7-8,17-18H2,1-3H3/b26-19+/t29-/m1/s1. The summed E-state index contributed by atoms with van der Waals surface area (Å²) in [7, 11) is 1.60. The largest absolute Gasteiger partial charge is 0.496 e. The second kappa shape index (κ2) is 10.8. The van der Waals surface area contributed by atoms with Crippen molar-refractivity contribution in [1.29, 1.82) is 0 Å². The van der Waals surface area contributed by atoms with E-state index >= 15 is 0 Å². The van der Waals surface area contributed by atoms with Crippen LogP contribution in [-0.4, -0.2) is 37.3 Å². The minimum absolute atomic E-state index is 0.207. The number of benzene rings is 3. The smallest absolute Gasteiger partial charge is 0.338 e. The highest BCUT2D eigenvalue weighted by molar-refractivity contribution is 7.07. The van der Waals surface area contributed by atoms with Crippen LogP contribution in [0.25, 0.3) is 16.8 Å². The van der Waals surface area contributed by atoms with Crippen molar-refractivity contribution in [3.05, 3.63) is 103 Å². The second-order valence-corrected chi connectivity index (χ2v) is 11.0. The van der Waals surface area contributed by atoms with Crippen molar-refractivity contribution in [3.63, 3.8) is 0 Å². The van der Waals surface area contributed by atoms with E-state index in [0.717, 1.165) is 35.0 Å². The number of allylic oxidation sites excluding steroid dienone is 1. The molecule has 1 fully saturated rings. The number of esters is 1. The third kappa shape index (κ3) is 4.52. The zero-order valence-corrected chi connectivity index (χ0v) is 23.7. The van der Waals surface area contributed by atoms with Crippen LogP contribution >= 0.6 is 11.3 Å². The third-order valence-electron chi connectivity index (χ3n) is 7.60. The van der Waals surface area contributed by atoms with Gasteiger partial charge in [-0.1, -0.05) is 53.8 Å². The molecular formula is C32H31N3O4S. The van der Waals surface area contributed by atoms with Gasteiger partial charge in [-0.3, -0.25) is 9.36 Å². The number of fused-ring (bicyclic) bond motifs is 2. The number of rotatable bonds is 6. The molecule has 1 saturated heterocycles. The van der Waals surface area contributed by atoms with Gasteiger partial charge in [0, 0.05) is 24.3 Å². The molecule has 3 heterocycles. The van der Waals surface area contributed by atoms with Crippen molar-refractivity contribution in [2.24, 2.45) is 4.99 Å². The number of hydrogen-bond acceptors (Lipinski definition) is 7.